The lowest BCUT2D eigenvalue weighted by Gasteiger charge is -2.34. The van der Waals surface area contributed by atoms with Crippen LogP contribution in [0, 0.1) is 13.8 Å². The molecule has 0 atom stereocenters. The zero-order valence-electron chi connectivity index (χ0n) is 16.7. The molecule has 4 rings (SSSR count). The fourth-order valence-corrected chi connectivity index (χ4v) is 4.02. The molecule has 29 heavy (non-hydrogen) atoms. The minimum atomic E-state index is -0.0473. The summed E-state index contributed by atoms with van der Waals surface area (Å²) in [6.07, 6.45) is 0. The SMILES string of the molecule is Cc1cccc(CN2CCN(C(=O)c3c(-c4ccccc4Cl)noc3C)CC2)c1. The third kappa shape index (κ3) is 4.21. The van der Waals surface area contributed by atoms with Gasteiger partial charge in [0.05, 0.1) is 5.02 Å². The second-order valence-electron chi connectivity index (χ2n) is 7.50. The van der Waals surface area contributed by atoms with Crippen molar-refractivity contribution < 1.29 is 9.32 Å². The van der Waals surface area contributed by atoms with Crippen LogP contribution in [0.4, 0.5) is 0 Å². The van der Waals surface area contributed by atoms with Gasteiger partial charge in [0.15, 0.2) is 0 Å². The Labute approximate surface area is 175 Å². The number of amides is 1. The van der Waals surface area contributed by atoms with Gasteiger partial charge in [0.25, 0.3) is 5.91 Å². The van der Waals surface area contributed by atoms with Gasteiger partial charge in [-0.3, -0.25) is 9.69 Å². The van der Waals surface area contributed by atoms with E-state index in [0.717, 1.165) is 19.6 Å². The zero-order chi connectivity index (χ0) is 20.4. The average molecular weight is 410 g/mol. The highest BCUT2D eigenvalue weighted by Gasteiger charge is 2.29. The predicted molar refractivity (Wildman–Crippen MR) is 114 cm³/mol. The highest BCUT2D eigenvalue weighted by molar-refractivity contribution is 6.33. The van der Waals surface area contributed by atoms with Crippen molar-refractivity contribution >= 4 is 17.5 Å². The molecular weight excluding hydrogens is 386 g/mol. The van der Waals surface area contributed by atoms with Crippen LogP contribution in [0.15, 0.2) is 53.1 Å². The van der Waals surface area contributed by atoms with Crippen LogP contribution in [0.1, 0.15) is 27.2 Å². The van der Waals surface area contributed by atoms with Gasteiger partial charge >= 0.3 is 0 Å². The van der Waals surface area contributed by atoms with Crippen LogP contribution < -0.4 is 0 Å². The number of carbonyl (C=O) groups excluding carboxylic acids is 1. The van der Waals surface area contributed by atoms with Crippen molar-refractivity contribution in [3.05, 3.63) is 76.0 Å². The number of aromatic nitrogens is 1. The van der Waals surface area contributed by atoms with Crippen molar-refractivity contribution in [2.24, 2.45) is 0 Å². The number of carbonyl (C=O) groups is 1. The van der Waals surface area contributed by atoms with E-state index in [2.05, 4.69) is 41.2 Å². The van der Waals surface area contributed by atoms with Gasteiger partial charge in [0.1, 0.15) is 17.0 Å². The van der Waals surface area contributed by atoms with Crippen LogP contribution in [0.5, 0.6) is 0 Å². The summed E-state index contributed by atoms with van der Waals surface area (Å²) in [6, 6.07) is 16.0. The topological polar surface area (TPSA) is 49.6 Å². The van der Waals surface area contributed by atoms with Crippen molar-refractivity contribution in [2.45, 2.75) is 20.4 Å². The number of hydrogen-bond donors (Lipinski definition) is 0. The molecule has 1 aliphatic rings. The Morgan fingerprint density at radius 2 is 1.83 bits per heavy atom. The second kappa shape index (κ2) is 8.39. The summed E-state index contributed by atoms with van der Waals surface area (Å²) in [6.45, 7) is 7.82. The normalized spacial score (nSPS) is 14.9. The predicted octanol–water partition coefficient (Wildman–Crippen LogP) is 4.57. The average Bonchev–Trinajstić information content (AvgIpc) is 3.09. The third-order valence-corrected chi connectivity index (χ3v) is 5.68. The van der Waals surface area contributed by atoms with E-state index in [1.807, 2.05) is 23.1 Å². The number of rotatable bonds is 4. The minimum Gasteiger partial charge on any atom is -0.360 e. The van der Waals surface area contributed by atoms with Gasteiger partial charge < -0.3 is 9.42 Å². The Morgan fingerprint density at radius 1 is 1.07 bits per heavy atom. The Hall–Kier alpha value is -2.63. The molecule has 1 fully saturated rings. The summed E-state index contributed by atoms with van der Waals surface area (Å²) in [5, 5.41) is 4.68. The van der Waals surface area contributed by atoms with Crippen LogP contribution in [0.25, 0.3) is 11.3 Å². The first-order valence-corrected chi connectivity index (χ1v) is 10.2. The summed E-state index contributed by atoms with van der Waals surface area (Å²) >= 11 is 6.32. The van der Waals surface area contributed by atoms with E-state index in [0.29, 0.717) is 40.7 Å². The molecule has 150 valence electrons. The van der Waals surface area contributed by atoms with E-state index >= 15 is 0 Å². The molecular formula is C23H24ClN3O2. The summed E-state index contributed by atoms with van der Waals surface area (Å²) in [5.74, 6) is 0.473. The highest BCUT2D eigenvalue weighted by atomic mass is 35.5. The highest BCUT2D eigenvalue weighted by Crippen LogP contribution is 2.32. The standard InChI is InChI=1S/C23H24ClN3O2/c1-16-6-5-7-18(14-16)15-26-10-12-27(13-11-26)23(28)21-17(2)29-25-22(21)19-8-3-4-9-20(19)24/h3-9,14H,10-13,15H2,1-2H3. The molecule has 5 nitrogen and oxygen atoms in total. The van der Waals surface area contributed by atoms with Crippen molar-refractivity contribution in [1.82, 2.24) is 15.0 Å². The molecule has 2 heterocycles. The summed E-state index contributed by atoms with van der Waals surface area (Å²) in [4.78, 5) is 17.5. The first-order valence-electron chi connectivity index (χ1n) is 9.81. The summed E-state index contributed by atoms with van der Waals surface area (Å²) in [5.41, 5.74) is 4.31. The fraction of sp³-hybridized carbons (Fsp3) is 0.304. The molecule has 6 heteroatoms. The Balaban J connectivity index is 1.47. The number of nitrogens with zero attached hydrogens (tertiary/aromatic N) is 3. The van der Waals surface area contributed by atoms with E-state index in [-0.39, 0.29) is 5.91 Å². The van der Waals surface area contributed by atoms with Crippen molar-refractivity contribution in [2.75, 3.05) is 26.2 Å². The molecule has 0 N–H and O–H groups in total. The van der Waals surface area contributed by atoms with Crippen LogP contribution in [0.3, 0.4) is 0 Å². The fourth-order valence-electron chi connectivity index (χ4n) is 3.80. The lowest BCUT2D eigenvalue weighted by atomic mass is 10.0. The molecule has 2 aromatic carbocycles. The maximum Gasteiger partial charge on any atom is 0.259 e. The van der Waals surface area contributed by atoms with Gasteiger partial charge in [-0.2, -0.15) is 0 Å². The number of piperazine rings is 1. The van der Waals surface area contributed by atoms with Crippen LogP contribution in [0.2, 0.25) is 5.02 Å². The van der Waals surface area contributed by atoms with E-state index < -0.39 is 0 Å². The van der Waals surface area contributed by atoms with Crippen LogP contribution in [-0.4, -0.2) is 47.0 Å². The molecule has 1 aliphatic heterocycles. The van der Waals surface area contributed by atoms with Crippen molar-refractivity contribution in [3.8, 4) is 11.3 Å². The lowest BCUT2D eigenvalue weighted by molar-refractivity contribution is 0.0627. The summed E-state index contributed by atoms with van der Waals surface area (Å²) < 4.78 is 5.36. The quantitative estimate of drug-likeness (QED) is 0.633. The molecule has 3 aromatic rings. The first-order chi connectivity index (χ1) is 14.0. The van der Waals surface area contributed by atoms with Crippen LogP contribution in [-0.2, 0) is 6.54 Å². The Bertz CT molecular complexity index is 1020. The first kappa shape index (κ1) is 19.7. The zero-order valence-corrected chi connectivity index (χ0v) is 17.4. The summed E-state index contributed by atoms with van der Waals surface area (Å²) in [7, 11) is 0. The maximum atomic E-state index is 13.3. The van der Waals surface area contributed by atoms with E-state index in [4.69, 9.17) is 16.1 Å². The largest absolute Gasteiger partial charge is 0.360 e. The molecule has 1 aromatic heterocycles. The molecule has 1 saturated heterocycles. The Kier molecular flexibility index (Phi) is 5.69. The van der Waals surface area contributed by atoms with Crippen molar-refractivity contribution in [1.29, 1.82) is 0 Å². The molecule has 0 bridgehead atoms. The molecule has 0 unspecified atom stereocenters. The van der Waals surface area contributed by atoms with Gasteiger partial charge in [-0.1, -0.05) is 64.8 Å². The second-order valence-corrected chi connectivity index (χ2v) is 7.91. The Morgan fingerprint density at radius 3 is 2.55 bits per heavy atom. The lowest BCUT2D eigenvalue weighted by Crippen LogP contribution is -2.48. The smallest absolute Gasteiger partial charge is 0.259 e. The third-order valence-electron chi connectivity index (χ3n) is 5.35. The van der Waals surface area contributed by atoms with Gasteiger partial charge in [-0.15, -0.1) is 0 Å². The number of aryl methyl sites for hydroxylation is 2. The number of benzene rings is 2. The molecule has 1 amide bonds. The number of hydrogen-bond acceptors (Lipinski definition) is 4. The van der Waals surface area contributed by atoms with E-state index in [9.17, 15) is 4.79 Å². The molecule has 0 aliphatic carbocycles. The molecule has 0 radical (unpaired) electrons. The molecule has 0 saturated carbocycles. The maximum absolute atomic E-state index is 13.3. The molecule has 0 spiro atoms. The van der Waals surface area contributed by atoms with Crippen molar-refractivity contribution in [3.63, 3.8) is 0 Å². The number of halogens is 1. The van der Waals surface area contributed by atoms with Gasteiger partial charge in [0, 0.05) is 38.3 Å². The van der Waals surface area contributed by atoms with Gasteiger partial charge in [-0.25, -0.2) is 0 Å². The van der Waals surface area contributed by atoms with Gasteiger partial charge in [-0.05, 0) is 25.5 Å². The van der Waals surface area contributed by atoms with E-state index in [1.54, 1.807) is 13.0 Å². The van der Waals surface area contributed by atoms with Gasteiger partial charge in [0.2, 0.25) is 0 Å². The minimum absolute atomic E-state index is 0.0473. The monoisotopic (exact) mass is 409 g/mol. The van der Waals surface area contributed by atoms with Crippen LogP contribution >= 0.6 is 11.6 Å². The van der Waals surface area contributed by atoms with E-state index in [1.165, 1.54) is 11.1 Å².